The number of amides is 1. The van der Waals surface area contributed by atoms with Crippen LogP contribution in [0.1, 0.15) is 44.4 Å². The Kier molecular flexibility index (Phi) is 4.69. The van der Waals surface area contributed by atoms with Crippen LogP contribution in [0.25, 0.3) is 22.2 Å². The average molecular weight is 546 g/mol. The van der Waals surface area contributed by atoms with Crippen LogP contribution in [0, 0.1) is 0 Å². The summed E-state index contributed by atoms with van der Waals surface area (Å²) in [5, 5.41) is 0.162. The first-order valence-corrected chi connectivity index (χ1v) is 14.4. The van der Waals surface area contributed by atoms with Gasteiger partial charge in [-0.25, -0.2) is 9.97 Å². The normalized spacial score (nSPS) is 20.3. The summed E-state index contributed by atoms with van der Waals surface area (Å²) in [5.74, 6) is -0.672. The Morgan fingerprint density at radius 3 is 2.65 bits per heavy atom. The highest BCUT2D eigenvalue weighted by Crippen LogP contribution is 2.50. The van der Waals surface area contributed by atoms with Crippen molar-refractivity contribution in [3.05, 3.63) is 70.6 Å². The number of aromatic nitrogens is 3. The van der Waals surface area contributed by atoms with E-state index < -0.39 is 38.7 Å². The van der Waals surface area contributed by atoms with Gasteiger partial charge < -0.3 is 18.8 Å². The molecule has 1 amide bonds. The fourth-order valence-corrected chi connectivity index (χ4v) is 6.31. The van der Waals surface area contributed by atoms with E-state index in [0.29, 0.717) is 33.4 Å². The zero-order chi connectivity index (χ0) is 28.7. The van der Waals surface area contributed by atoms with E-state index in [2.05, 4.69) is 9.97 Å². The van der Waals surface area contributed by atoms with Crippen LogP contribution >= 0.6 is 18.7 Å². The molecule has 2 bridgehead atoms. The number of imidazole rings is 1. The highest BCUT2D eigenvalue weighted by Gasteiger charge is 2.45. The Morgan fingerprint density at radius 1 is 1.14 bits per heavy atom. The molecule has 2 aliphatic heterocycles. The molecule has 6 rings (SSSR count). The van der Waals surface area contributed by atoms with Gasteiger partial charge in [0.25, 0.3) is 5.91 Å². The second-order valence-corrected chi connectivity index (χ2v) is 13.0. The number of alkyl halides is 2. The summed E-state index contributed by atoms with van der Waals surface area (Å²) in [4.78, 5) is 23.4. The summed E-state index contributed by atoms with van der Waals surface area (Å²) in [6.07, 6.45) is 0.114. The van der Waals surface area contributed by atoms with Crippen molar-refractivity contribution >= 4 is 41.1 Å². The molecule has 11 heteroatoms. The van der Waals surface area contributed by atoms with Gasteiger partial charge in [-0.2, -0.15) is 8.78 Å². The number of hydrogen-bond donors (Lipinski definition) is 0. The second kappa shape index (κ2) is 8.36. The maximum absolute atomic E-state index is 13.6. The molecular weight excluding hydrogens is 521 g/mol. The SMILES string of the molecule is [2H]C([2H])([2H])N1C(=O)c2cccc(OC(F)F)c2[C@H]2C[C@@H]1c1nc3ccc(-c4ccc(P(C)(C)=O)nc4Cl)cc3n12. The summed E-state index contributed by atoms with van der Waals surface area (Å²) in [6.45, 7) is -2.76. The number of hydrogen-bond acceptors (Lipinski definition) is 5. The number of benzene rings is 2. The van der Waals surface area contributed by atoms with Crippen LogP contribution in [0.2, 0.25) is 5.15 Å². The smallest absolute Gasteiger partial charge is 0.387 e. The predicted molar refractivity (Wildman–Crippen MR) is 138 cm³/mol. The molecule has 0 aliphatic carbocycles. The topological polar surface area (TPSA) is 77.3 Å². The molecule has 37 heavy (non-hydrogen) atoms. The summed E-state index contributed by atoms with van der Waals surface area (Å²) >= 11 is 6.50. The predicted octanol–water partition coefficient (Wildman–Crippen LogP) is 5.72. The van der Waals surface area contributed by atoms with Crippen molar-refractivity contribution in [1.29, 1.82) is 0 Å². The number of nitrogens with zero attached hydrogens (tertiary/aromatic N) is 4. The van der Waals surface area contributed by atoms with E-state index in [9.17, 15) is 18.1 Å². The Balaban J connectivity index is 1.58. The molecule has 2 atom stereocenters. The van der Waals surface area contributed by atoms with Crippen LogP contribution in [-0.4, -0.2) is 52.3 Å². The second-order valence-electron chi connectivity index (χ2n) is 9.44. The van der Waals surface area contributed by atoms with Crippen LogP contribution in [0.5, 0.6) is 5.75 Å². The number of pyridine rings is 1. The third kappa shape index (κ3) is 3.75. The number of carbonyl (C=O) groups is 1. The molecule has 0 spiro atoms. The summed E-state index contributed by atoms with van der Waals surface area (Å²) in [7, 11) is -2.64. The van der Waals surface area contributed by atoms with Crippen molar-refractivity contribution in [3.8, 4) is 16.9 Å². The van der Waals surface area contributed by atoms with Gasteiger partial charge in [-0.05, 0) is 55.3 Å². The maximum atomic E-state index is 13.6. The molecule has 2 aromatic carbocycles. The molecule has 0 saturated carbocycles. The Bertz CT molecular complexity index is 1760. The first kappa shape index (κ1) is 20.7. The Morgan fingerprint density at radius 2 is 1.95 bits per heavy atom. The minimum absolute atomic E-state index is 0.0168. The van der Waals surface area contributed by atoms with Crippen molar-refractivity contribution in [2.75, 3.05) is 20.3 Å². The summed E-state index contributed by atoms with van der Waals surface area (Å²) in [6, 6.07) is 11.2. The van der Waals surface area contributed by atoms with E-state index in [0.717, 1.165) is 4.90 Å². The molecule has 190 valence electrons. The standard InChI is InChI=1S/C26H22ClF2N4O3P/c1-32-19-12-18(22-15(25(32)34)5-4-6-20(22)36-26(28)29)33-17-11-13(7-9-16(17)30-24(19)33)14-8-10-21(31-23(14)27)37(2,3)35/h4-11,18-19,26H,12H2,1-3H3/t18-,19-/m1/s1/i1D3. The molecule has 0 radical (unpaired) electrons. The largest absolute Gasteiger partial charge is 0.434 e. The van der Waals surface area contributed by atoms with Crippen LogP contribution in [0.3, 0.4) is 0 Å². The number of fused-ring (bicyclic) bond motifs is 9. The van der Waals surface area contributed by atoms with Gasteiger partial charge >= 0.3 is 6.61 Å². The van der Waals surface area contributed by atoms with Crippen molar-refractivity contribution in [2.24, 2.45) is 0 Å². The lowest BCUT2D eigenvalue weighted by Gasteiger charge is -2.24. The Hall–Kier alpha value is -3.29. The number of halogens is 3. The van der Waals surface area contributed by atoms with E-state index in [1.54, 1.807) is 48.2 Å². The quantitative estimate of drug-likeness (QED) is 0.242. The number of rotatable bonds is 4. The van der Waals surface area contributed by atoms with Crippen LogP contribution in [0.15, 0.2) is 48.5 Å². The van der Waals surface area contributed by atoms with Gasteiger partial charge in [-0.3, -0.25) is 4.79 Å². The van der Waals surface area contributed by atoms with Crippen molar-refractivity contribution in [2.45, 2.75) is 25.1 Å². The maximum Gasteiger partial charge on any atom is 0.387 e. The molecule has 4 heterocycles. The Labute approximate surface area is 220 Å². The lowest BCUT2D eigenvalue weighted by atomic mass is 9.97. The zero-order valence-electron chi connectivity index (χ0n) is 22.7. The molecular formula is C26H22ClF2N4O3P. The van der Waals surface area contributed by atoms with Gasteiger partial charge in [0.1, 0.15) is 29.3 Å². The average Bonchev–Trinajstić information content (AvgIpc) is 3.35. The van der Waals surface area contributed by atoms with E-state index in [4.69, 9.17) is 20.5 Å². The van der Waals surface area contributed by atoms with Gasteiger partial charge in [0.15, 0.2) is 0 Å². The highest BCUT2D eigenvalue weighted by molar-refractivity contribution is 7.69. The zero-order valence-corrected chi connectivity index (χ0v) is 21.3. The van der Waals surface area contributed by atoms with Gasteiger partial charge in [-0.15, -0.1) is 0 Å². The molecule has 0 unspecified atom stereocenters. The molecule has 0 fully saturated rings. The number of ether oxygens (including phenoxy) is 1. The fraction of sp³-hybridized carbons (Fsp3) is 0.269. The van der Waals surface area contributed by atoms with Crippen molar-refractivity contribution in [1.82, 2.24) is 19.4 Å². The first-order valence-electron chi connectivity index (χ1n) is 12.9. The molecule has 7 nitrogen and oxygen atoms in total. The van der Waals surface area contributed by atoms with Crippen LogP contribution in [-0.2, 0) is 4.57 Å². The first-order chi connectivity index (χ1) is 18.8. The van der Waals surface area contributed by atoms with Gasteiger partial charge in [-0.1, -0.05) is 23.7 Å². The van der Waals surface area contributed by atoms with Gasteiger partial charge in [0.05, 0.1) is 23.1 Å². The van der Waals surface area contributed by atoms with Gasteiger partial charge in [0.2, 0.25) is 0 Å². The minimum atomic E-state index is -3.15. The third-order valence-electron chi connectivity index (χ3n) is 6.85. The van der Waals surface area contributed by atoms with E-state index in [-0.39, 0.29) is 28.5 Å². The number of carbonyl (C=O) groups excluding carboxylic acids is 1. The lowest BCUT2D eigenvalue weighted by Crippen LogP contribution is -2.30. The molecule has 0 saturated heterocycles. The van der Waals surface area contributed by atoms with E-state index in [1.165, 1.54) is 18.2 Å². The van der Waals surface area contributed by atoms with Crippen molar-refractivity contribution < 1.29 is 27.0 Å². The van der Waals surface area contributed by atoms with Crippen molar-refractivity contribution in [3.63, 3.8) is 0 Å². The highest BCUT2D eigenvalue weighted by atomic mass is 35.5. The summed E-state index contributed by atoms with van der Waals surface area (Å²) < 4.78 is 70.3. The molecule has 2 aliphatic rings. The van der Waals surface area contributed by atoms with Crippen LogP contribution < -0.4 is 10.2 Å². The summed E-state index contributed by atoms with van der Waals surface area (Å²) in [5.41, 5.74) is 2.92. The monoisotopic (exact) mass is 545 g/mol. The fourth-order valence-electron chi connectivity index (χ4n) is 5.22. The minimum Gasteiger partial charge on any atom is -0.434 e. The third-order valence-corrected chi connectivity index (χ3v) is 8.49. The van der Waals surface area contributed by atoms with Gasteiger partial charge in [0, 0.05) is 34.2 Å². The lowest BCUT2D eigenvalue weighted by molar-refractivity contribution is -0.0507. The van der Waals surface area contributed by atoms with E-state index >= 15 is 0 Å². The molecule has 2 aromatic heterocycles. The van der Waals surface area contributed by atoms with Crippen LogP contribution in [0.4, 0.5) is 8.78 Å². The van der Waals surface area contributed by atoms with E-state index in [1.807, 2.05) is 0 Å². The molecule has 0 N–H and O–H groups in total. The molecule has 4 aromatic rings.